The molecule has 1 heterocycles. The van der Waals surface area contributed by atoms with E-state index < -0.39 is 10.0 Å². The fourth-order valence-electron chi connectivity index (χ4n) is 4.24. The molecule has 1 aliphatic carbocycles. The van der Waals surface area contributed by atoms with Gasteiger partial charge < -0.3 is 5.32 Å². The number of aryl methyl sites for hydroxylation is 2. The van der Waals surface area contributed by atoms with Gasteiger partial charge in [0.15, 0.2) is 0 Å². The van der Waals surface area contributed by atoms with Crippen LogP contribution in [-0.4, -0.2) is 31.7 Å². The van der Waals surface area contributed by atoms with Crippen molar-refractivity contribution >= 4 is 27.5 Å². The summed E-state index contributed by atoms with van der Waals surface area (Å²) in [4.78, 5) is 13.1. The van der Waals surface area contributed by atoms with Crippen molar-refractivity contribution in [3.63, 3.8) is 0 Å². The first kappa shape index (κ1) is 20.4. The minimum atomic E-state index is -3.51. The van der Waals surface area contributed by atoms with Crippen molar-refractivity contribution in [3.8, 4) is 0 Å². The van der Waals surface area contributed by atoms with Gasteiger partial charge in [-0.05, 0) is 68.0 Å². The van der Waals surface area contributed by atoms with Crippen LogP contribution < -0.4 is 5.32 Å². The fraction of sp³-hybridized carbons (Fsp3) is 0.409. The van der Waals surface area contributed by atoms with Gasteiger partial charge in [-0.1, -0.05) is 35.4 Å². The standard InChI is InChI=1S/C22H25ClN2O3S/c1-15-2-6-19(7-3-15)29(27,28)25-12-10-16(11-13-25)22(26)24-21-9-4-17-14-18(23)5-8-20(17)21/h2-3,5-8,14,16,21H,4,9-13H2,1H3,(H,24,26). The Morgan fingerprint density at radius 3 is 2.45 bits per heavy atom. The molecule has 2 aromatic rings. The highest BCUT2D eigenvalue weighted by atomic mass is 35.5. The maximum absolute atomic E-state index is 12.8. The van der Waals surface area contributed by atoms with Gasteiger partial charge in [0.05, 0.1) is 10.9 Å². The first-order valence-corrected chi connectivity index (χ1v) is 11.8. The SMILES string of the molecule is Cc1ccc(S(=O)(=O)N2CCC(C(=O)NC3CCc4cc(Cl)ccc43)CC2)cc1. The monoisotopic (exact) mass is 432 g/mol. The number of hydrogen-bond donors (Lipinski definition) is 1. The number of benzene rings is 2. The topological polar surface area (TPSA) is 66.5 Å². The third-order valence-corrected chi connectivity index (χ3v) is 8.13. The molecule has 154 valence electrons. The van der Waals surface area contributed by atoms with E-state index in [2.05, 4.69) is 5.32 Å². The predicted octanol–water partition coefficient (Wildman–Crippen LogP) is 3.85. The molecule has 1 unspecified atom stereocenters. The average molecular weight is 433 g/mol. The number of carbonyl (C=O) groups excluding carboxylic acids is 1. The van der Waals surface area contributed by atoms with Crippen molar-refractivity contribution in [1.82, 2.24) is 9.62 Å². The third-order valence-electron chi connectivity index (χ3n) is 5.98. The van der Waals surface area contributed by atoms with Crippen LogP contribution in [0.2, 0.25) is 5.02 Å². The second-order valence-electron chi connectivity index (χ2n) is 7.93. The number of carbonyl (C=O) groups is 1. The molecular weight excluding hydrogens is 408 g/mol. The van der Waals surface area contributed by atoms with Crippen LogP contribution in [0.25, 0.3) is 0 Å². The molecule has 5 nitrogen and oxygen atoms in total. The summed E-state index contributed by atoms with van der Waals surface area (Å²) in [6.45, 7) is 2.66. The van der Waals surface area contributed by atoms with Gasteiger partial charge >= 0.3 is 0 Å². The lowest BCUT2D eigenvalue weighted by Gasteiger charge is -2.31. The molecule has 0 spiro atoms. The fourth-order valence-corrected chi connectivity index (χ4v) is 5.91. The number of nitrogens with zero attached hydrogens (tertiary/aromatic N) is 1. The Balaban J connectivity index is 1.36. The van der Waals surface area contributed by atoms with Crippen LogP contribution in [0.4, 0.5) is 0 Å². The smallest absolute Gasteiger partial charge is 0.243 e. The van der Waals surface area contributed by atoms with Gasteiger partial charge in [-0.3, -0.25) is 4.79 Å². The molecule has 2 aliphatic rings. The van der Waals surface area contributed by atoms with E-state index in [1.165, 1.54) is 9.87 Å². The predicted molar refractivity (Wildman–Crippen MR) is 113 cm³/mol. The lowest BCUT2D eigenvalue weighted by molar-refractivity contribution is -0.126. The van der Waals surface area contributed by atoms with Crippen molar-refractivity contribution in [2.75, 3.05) is 13.1 Å². The van der Waals surface area contributed by atoms with Crippen molar-refractivity contribution in [3.05, 3.63) is 64.2 Å². The second kappa shape index (κ2) is 8.09. The Morgan fingerprint density at radius 1 is 1.07 bits per heavy atom. The highest BCUT2D eigenvalue weighted by molar-refractivity contribution is 7.89. The first-order chi connectivity index (χ1) is 13.8. The number of fused-ring (bicyclic) bond motifs is 1. The largest absolute Gasteiger partial charge is 0.349 e. The number of rotatable bonds is 4. The summed E-state index contributed by atoms with van der Waals surface area (Å²) < 4.78 is 27.2. The zero-order valence-corrected chi connectivity index (χ0v) is 18.0. The summed E-state index contributed by atoms with van der Waals surface area (Å²) in [7, 11) is -3.51. The molecule has 1 amide bonds. The number of piperidine rings is 1. The minimum Gasteiger partial charge on any atom is -0.349 e. The molecule has 1 saturated heterocycles. The molecule has 0 bridgehead atoms. The van der Waals surface area contributed by atoms with Crippen LogP contribution in [0.5, 0.6) is 0 Å². The molecular formula is C22H25ClN2O3S. The molecule has 0 saturated carbocycles. The van der Waals surface area contributed by atoms with Gasteiger partial charge in [0.2, 0.25) is 15.9 Å². The molecule has 0 aromatic heterocycles. The summed E-state index contributed by atoms with van der Waals surface area (Å²) in [6.07, 6.45) is 2.87. The molecule has 1 atom stereocenters. The zero-order valence-electron chi connectivity index (χ0n) is 16.4. The third kappa shape index (κ3) is 4.20. The van der Waals surface area contributed by atoms with Gasteiger partial charge in [-0.2, -0.15) is 4.31 Å². The van der Waals surface area contributed by atoms with E-state index in [1.54, 1.807) is 24.3 Å². The molecule has 1 N–H and O–H groups in total. The van der Waals surface area contributed by atoms with Gasteiger partial charge in [0, 0.05) is 24.0 Å². The normalized spacial score (nSPS) is 20.4. The van der Waals surface area contributed by atoms with E-state index in [1.807, 2.05) is 25.1 Å². The summed E-state index contributed by atoms with van der Waals surface area (Å²) in [6, 6.07) is 12.7. The molecule has 0 radical (unpaired) electrons. The lowest BCUT2D eigenvalue weighted by atomic mass is 9.96. The van der Waals surface area contributed by atoms with Gasteiger partial charge in [-0.15, -0.1) is 0 Å². The quantitative estimate of drug-likeness (QED) is 0.797. The molecule has 29 heavy (non-hydrogen) atoms. The Hall–Kier alpha value is -1.89. The van der Waals surface area contributed by atoms with E-state index >= 15 is 0 Å². The number of halogens is 1. The Morgan fingerprint density at radius 2 is 1.76 bits per heavy atom. The highest BCUT2D eigenvalue weighted by Gasteiger charge is 2.33. The summed E-state index contributed by atoms with van der Waals surface area (Å²) in [5.74, 6) is -0.138. The van der Waals surface area contributed by atoms with Crippen LogP contribution in [0.15, 0.2) is 47.4 Å². The molecule has 1 fully saturated rings. The van der Waals surface area contributed by atoms with Crippen molar-refractivity contribution < 1.29 is 13.2 Å². The second-order valence-corrected chi connectivity index (χ2v) is 10.3. The maximum Gasteiger partial charge on any atom is 0.243 e. The van der Waals surface area contributed by atoms with Crippen LogP contribution in [0, 0.1) is 12.8 Å². The minimum absolute atomic E-state index is 0.0177. The van der Waals surface area contributed by atoms with E-state index in [4.69, 9.17) is 11.6 Å². The van der Waals surface area contributed by atoms with Crippen LogP contribution in [0.3, 0.4) is 0 Å². The molecule has 1 aliphatic heterocycles. The number of sulfonamides is 1. The zero-order chi connectivity index (χ0) is 20.6. The maximum atomic E-state index is 12.8. The summed E-state index contributed by atoms with van der Waals surface area (Å²) in [5.41, 5.74) is 3.36. The Bertz CT molecular complexity index is 1010. The average Bonchev–Trinajstić information content (AvgIpc) is 3.10. The van der Waals surface area contributed by atoms with Crippen LogP contribution in [-0.2, 0) is 21.2 Å². The van der Waals surface area contributed by atoms with E-state index in [0.29, 0.717) is 30.8 Å². The lowest BCUT2D eigenvalue weighted by Crippen LogP contribution is -2.43. The Labute approximate surface area is 177 Å². The molecule has 7 heteroatoms. The van der Waals surface area contributed by atoms with Gasteiger partial charge in [-0.25, -0.2) is 8.42 Å². The van der Waals surface area contributed by atoms with Crippen LogP contribution >= 0.6 is 11.6 Å². The van der Waals surface area contributed by atoms with E-state index in [9.17, 15) is 13.2 Å². The molecule has 4 rings (SSSR count). The molecule has 2 aromatic carbocycles. The van der Waals surface area contributed by atoms with Crippen molar-refractivity contribution in [2.24, 2.45) is 5.92 Å². The van der Waals surface area contributed by atoms with E-state index in [0.717, 1.165) is 29.0 Å². The van der Waals surface area contributed by atoms with Gasteiger partial charge in [0.25, 0.3) is 0 Å². The van der Waals surface area contributed by atoms with Crippen LogP contribution in [0.1, 0.15) is 42.0 Å². The number of nitrogens with one attached hydrogen (secondary N) is 1. The highest BCUT2D eigenvalue weighted by Crippen LogP contribution is 2.33. The Kier molecular flexibility index (Phi) is 5.69. The first-order valence-electron chi connectivity index (χ1n) is 10.00. The van der Waals surface area contributed by atoms with Crippen molar-refractivity contribution in [2.45, 2.75) is 43.5 Å². The number of hydrogen-bond acceptors (Lipinski definition) is 3. The summed E-state index contributed by atoms with van der Waals surface area (Å²) in [5, 5.41) is 3.89. The number of amides is 1. The summed E-state index contributed by atoms with van der Waals surface area (Å²) >= 11 is 6.06. The van der Waals surface area contributed by atoms with Crippen molar-refractivity contribution in [1.29, 1.82) is 0 Å². The van der Waals surface area contributed by atoms with E-state index in [-0.39, 0.29) is 17.9 Å². The van der Waals surface area contributed by atoms with Gasteiger partial charge in [0.1, 0.15) is 0 Å².